The van der Waals surface area contributed by atoms with Crippen LogP contribution in [0, 0.1) is 11.8 Å². The maximum absolute atomic E-state index is 13.3. The second-order valence-electron chi connectivity index (χ2n) is 10.1. The Labute approximate surface area is 214 Å². The lowest BCUT2D eigenvalue weighted by atomic mass is 10.0. The predicted octanol–water partition coefficient (Wildman–Crippen LogP) is 2.08. The fourth-order valence-corrected chi connectivity index (χ4v) is 4.31. The molecule has 0 bridgehead atoms. The van der Waals surface area contributed by atoms with Crippen LogP contribution in [0.25, 0.3) is 0 Å². The zero-order valence-corrected chi connectivity index (χ0v) is 22.3. The lowest BCUT2D eigenvalue weighted by molar-refractivity contribution is -0.166. The number of ether oxygens (including phenoxy) is 2. The Kier molecular flexibility index (Phi) is 11.4. The van der Waals surface area contributed by atoms with E-state index in [4.69, 9.17) is 9.47 Å². The molecule has 1 aliphatic heterocycles. The molecule has 0 aromatic heterocycles. The van der Waals surface area contributed by atoms with E-state index in [9.17, 15) is 19.2 Å². The zero-order valence-electron chi connectivity index (χ0n) is 22.3. The average Bonchev–Trinajstić information content (AvgIpc) is 3.19. The lowest BCUT2D eigenvalue weighted by Crippen LogP contribution is -2.48. The van der Waals surface area contributed by atoms with Gasteiger partial charge in [0.1, 0.15) is 12.1 Å². The molecule has 36 heavy (non-hydrogen) atoms. The summed E-state index contributed by atoms with van der Waals surface area (Å²) in [6, 6.07) is 7.90. The number of hydrogen-bond donors (Lipinski definition) is 2. The molecule has 2 N–H and O–H groups in total. The van der Waals surface area contributed by atoms with Crippen LogP contribution in [0.1, 0.15) is 52.5 Å². The highest BCUT2D eigenvalue weighted by Crippen LogP contribution is 2.24. The molecule has 9 heteroatoms. The molecule has 2 amide bonds. The van der Waals surface area contributed by atoms with E-state index < -0.39 is 48.0 Å². The number of benzene rings is 1. The summed E-state index contributed by atoms with van der Waals surface area (Å²) in [6.07, 6.45) is -0.502. The van der Waals surface area contributed by atoms with Crippen LogP contribution in [-0.4, -0.2) is 73.6 Å². The number of likely N-dealkylation sites (N-methyl/N-ethyl adjacent to an activating group) is 2. The van der Waals surface area contributed by atoms with Crippen LogP contribution in [0.2, 0.25) is 0 Å². The van der Waals surface area contributed by atoms with E-state index in [1.54, 1.807) is 7.05 Å². The van der Waals surface area contributed by atoms with Gasteiger partial charge in [0, 0.05) is 26.4 Å². The van der Waals surface area contributed by atoms with Crippen molar-refractivity contribution < 1.29 is 28.7 Å². The largest absolute Gasteiger partial charge is 0.451 e. The average molecular weight is 504 g/mol. The van der Waals surface area contributed by atoms with Crippen LogP contribution in [0.15, 0.2) is 30.3 Å². The summed E-state index contributed by atoms with van der Waals surface area (Å²) in [5.74, 6) is -1.58. The predicted molar refractivity (Wildman–Crippen MR) is 136 cm³/mol. The Morgan fingerprint density at radius 1 is 1.00 bits per heavy atom. The molecule has 2 rings (SSSR count). The molecule has 9 nitrogen and oxygen atoms in total. The number of hydrogen-bond acceptors (Lipinski definition) is 7. The minimum Gasteiger partial charge on any atom is -0.451 e. The molecule has 0 saturated carbocycles. The molecular formula is C27H41N3O6. The summed E-state index contributed by atoms with van der Waals surface area (Å²) in [5.41, 5.74) is 0.851. The molecule has 200 valence electrons. The van der Waals surface area contributed by atoms with Crippen molar-refractivity contribution in [2.75, 3.05) is 20.6 Å². The molecule has 1 aromatic carbocycles. The van der Waals surface area contributed by atoms with Crippen molar-refractivity contribution in [2.45, 2.75) is 77.7 Å². The summed E-state index contributed by atoms with van der Waals surface area (Å²) in [7, 11) is 3.17. The Bertz CT molecular complexity index is 889. The molecular weight excluding hydrogens is 462 g/mol. The summed E-state index contributed by atoms with van der Waals surface area (Å²) in [6.45, 7) is 8.17. The van der Waals surface area contributed by atoms with E-state index in [0.29, 0.717) is 19.3 Å². The second kappa shape index (κ2) is 14.0. The van der Waals surface area contributed by atoms with Gasteiger partial charge < -0.3 is 25.0 Å². The molecule has 4 unspecified atom stereocenters. The van der Waals surface area contributed by atoms with Crippen LogP contribution in [0.3, 0.4) is 0 Å². The van der Waals surface area contributed by atoms with Gasteiger partial charge in [0.2, 0.25) is 0 Å². The topological polar surface area (TPSA) is 114 Å². The highest BCUT2D eigenvalue weighted by Gasteiger charge is 2.43. The van der Waals surface area contributed by atoms with Gasteiger partial charge in [-0.25, -0.2) is 4.79 Å². The van der Waals surface area contributed by atoms with Crippen LogP contribution in [-0.2, 0) is 35.1 Å². The third-order valence-electron chi connectivity index (χ3n) is 6.19. The van der Waals surface area contributed by atoms with Crippen LogP contribution in [0.5, 0.6) is 0 Å². The van der Waals surface area contributed by atoms with Crippen molar-refractivity contribution in [3.63, 3.8) is 0 Å². The molecule has 1 saturated heterocycles. The van der Waals surface area contributed by atoms with Crippen molar-refractivity contribution in [2.24, 2.45) is 11.8 Å². The van der Waals surface area contributed by atoms with Gasteiger partial charge in [-0.1, -0.05) is 58.0 Å². The van der Waals surface area contributed by atoms with E-state index in [0.717, 1.165) is 5.56 Å². The van der Waals surface area contributed by atoms with Crippen molar-refractivity contribution in [3.05, 3.63) is 35.9 Å². The number of esters is 2. The Balaban J connectivity index is 2.14. The van der Waals surface area contributed by atoms with Crippen LogP contribution in [0.4, 0.5) is 0 Å². The van der Waals surface area contributed by atoms with Crippen LogP contribution >= 0.6 is 0 Å². The first-order chi connectivity index (χ1) is 17.1. The summed E-state index contributed by atoms with van der Waals surface area (Å²) < 4.78 is 11.2. The molecule has 4 atom stereocenters. The second-order valence-corrected chi connectivity index (χ2v) is 10.1. The number of carbonyl (C=O) groups is 4. The molecule has 1 aliphatic rings. The number of amides is 2. The first-order valence-electron chi connectivity index (χ1n) is 12.7. The Morgan fingerprint density at radius 2 is 1.64 bits per heavy atom. The van der Waals surface area contributed by atoms with Crippen molar-refractivity contribution in [3.8, 4) is 0 Å². The molecule has 1 fully saturated rings. The first kappa shape index (κ1) is 29.3. The smallest absolute Gasteiger partial charge is 0.329 e. The van der Waals surface area contributed by atoms with Gasteiger partial charge in [-0.2, -0.15) is 0 Å². The lowest BCUT2D eigenvalue weighted by Gasteiger charge is -2.29. The standard InChI is InChI=1S/C27H41N3O6/c1-17(2)14-20(28-5)26(33)35-22-12-13-30(25(22)32)21(15-18(3)4)27(34)36-23(24(31)29-6)16-19-10-8-7-9-11-19/h7-11,17-18,20-23,28H,12-16H2,1-6H3,(H,29,31). The van der Waals surface area contributed by atoms with Gasteiger partial charge in [-0.15, -0.1) is 0 Å². The third-order valence-corrected chi connectivity index (χ3v) is 6.19. The summed E-state index contributed by atoms with van der Waals surface area (Å²) in [4.78, 5) is 53.1. The van der Waals surface area contributed by atoms with E-state index >= 15 is 0 Å². The van der Waals surface area contributed by atoms with Gasteiger partial charge >= 0.3 is 11.9 Å². The Hall–Kier alpha value is -2.94. The summed E-state index contributed by atoms with van der Waals surface area (Å²) in [5, 5.41) is 5.49. The van der Waals surface area contributed by atoms with E-state index in [-0.39, 0.29) is 24.8 Å². The van der Waals surface area contributed by atoms with Gasteiger partial charge in [0.15, 0.2) is 12.2 Å². The molecule has 1 heterocycles. The molecule has 1 aromatic rings. The molecule has 0 spiro atoms. The number of nitrogens with one attached hydrogen (secondary N) is 2. The van der Waals surface area contributed by atoms with E-state index in [2.05, 4.69) is 10.6 Å². The zero-order chi connectivity index (χ0) is 26.8. The maximum atomic E-state index is 13.3. The number of nitrogens with zero attached hydrogens (tertiary/aromatic N) is 1. The highest BCUT2D eigenvalue weighted by molar-refractivity contribution is 5.91. The number of likely N-dealkylation sites (tertiary alicyclic amines) is 1. The SMILES string of the molecule is CNC(=O)C(Cc1ccccc1)OC(=O)C(CC(C)C)N1CCC(OC(=O)C(CC(C)C)NC)C1=O. The minimum absolute atomic E-state index is 0.0873. The van der Waals surface area contributed by atoms with Gasteiger partial charge in [0.05, 0.1) is 0 Å². The van der Waals surface area contributed by atoms with Gasteiger partial charge in [-0.05, 0) is 37.3 Å². The fraction of sp³-hybridized carbons (Fsp3) is 0.630. The number of carbonyl (C=O) groups excluding carboxylic acids is 4. The summed E-state index contributed by atoms with van der Waals surface area (Å²) >= 11 is 0. The fourth-order valence-electron chi connectivity index (χ4n) is 4.31. The molecule has 0 radical (unpaired) electrons. The quantitative estimate of drug-likeness (QED) is 0.396. The van der Waals surface area contributed by atoms with E-state index in [1.807, 2.05) is 58.0 Å². The third kappa shape index (κ3) is 8.33. The molecule has 0 aliphatic carbocycles. The number of rotatable bonds is 13. The van der Waals surface area contributed by atoms with Gasteiger partial charge in [-0.3, -0.25) is 14.4 Å². The monoisotopic (exact) mass is 503 g/mol. The van der Waals surface area contributed by atoms with Crippen molar-refractivity contribution in [1.82, 2.24) is 15.5 Å². The van der Waals surface area contributed by atoms with Crippen molar-refractivity contribution in [1.29, 1.82) is 0 Å². The minimum atomic E-state index is -1.03. The Morgan fingerprint density at radius 3 is 2.19 bits per heavy atom. The van der Waals surface area contributed by atoms with Crippen LogP contribution < -0.4 is 10.6 Å². The van der Waals surface area contributed by atoms with Gasteiger partial charge in [0.25, 0.3) is 11.8 Å². The maximum Gasteiger partial charge on any atom is 0.329 e. The first-order valence-corrected chi connectivity index (χ1v) is 12.7. The highest BCUT2D eigenvalue weighted by atomic mass is 16.6. The van der Waals surface area contributed by atoms with Crippen molar-refractivity contribution >= 4 is 23.8 Å². The normalized spacial score (nSPS) is 18.2. The van der Waals surface area contributed by atoms with E-state index in [1.165, 1.54) is 11.9 Å².